The van der Waals surface area contributed by atoms with Gasteiger partial charge in [-0.15, -0.1) is 0 Å². The lowest BCUT2D eigenvalue weighted by atomic mass is 9.96. The molecule has 1 heterocycles. The highest BCUT2D eigenvalue weighted by Crippen LogP contribution is 2.29. The third-order valence-corrected chi connectivity index (χ3v) is 4.89. The second-order valence-electron chi connectivity index (χ2n) is 6.67. The SMILES string of the molecule is Cc1ccc(-c2ccc(-c3ccccc3)cc2)cc1-c1cccc[n+]1C. The maximum Gasteiger partial charge on any atom is 0.212 e. The summed E-state index contributed by atoms with van der Waals surface area (Å²) in [4.78, 5) is 0. The summed E-state index contributed by atoms with van der Waals surface area (Å²) in [7, 11) is 2.09. The first kappa shape index (κ1) is 16.3. The fourth-order valence-electron chi connectivity index (χ4n) is 3.37. The van der Waals surface area contributed by atoms with Crippen LogP contribution in [0.1, 0.15) is 5.56 Å². The molecule has 0 aliphatic heterocycles. The van der Waals surface area contributed by atoms with E-state index in [2.05, 4.69) is 116 Å². The van der Waals surface area contributed by atoms with Gasteiger partial charge in [0.1, 0.15) is 7.05 Å². The smallest absolute Gasteiger partial charge is 0.201 e. The van der Waals surface area contributed by atoms with Gasteiger partial charge in [-0.1, -0.05) is 66.7 Å². The number of pyridine rings is 1. The predicted molar refractivity (Wildman–Crippen MR) is 109 cm³/mol. The highest BCUT2D eigenvalue weighted by molar-refractivity contribution is 5.75. The molecule has 0 fully saturated rings. The molecular weight excluding hydrogens is 314 g/mol. The molecule has 4 aromatic rings. The Kier molecular flexibility index (Phi) is 4.37. The zero-order valence-electron chi connectivity index (χ0n) is 15.2. The predicted octanol–water partition coefficient (Wildman–Crippen LogP) is 5.82. The van der Waals surface area contributed by atoms with Crippen LogP contribution in [0.25, 0.3) is 33.5 Å². The minimum absolute atomic E-state index is 1.23. The molecule has 0 atom stereocenters. The molecule has 0 aliphatic carbocycles. The van der Waals surface area contributed by atoms with Crippen molar-refractivity contribution in [2.24, 2.45) is 7.05 Å². The maximum absolute atomic E-state index is 2.29. The zero-order valence-corrected chi connectivity index (χ0v) is 15.2. The van der Waals surface area contributed by atoms with Crippen molar-refractivity contribution in [1.29, 1.82) is 0 Å². The Morgan fingerprint density at radius 1 is 0.577 bits per heavy atom. The largest absolute Gasteiger partial charge is 0.212 e. The molecule has 0 aliphatic rings. The summed E-state index contributed by atoms with van der Waals surface area (Å²) in [6, 6.07) is 32.4. The van der Waals surface area contributed by atoms with Crippen LogP contribution in [0.2, 0.25) is 0 Å². The number of hydrogen-bond donors (Lipinski definition) is 0. The van der Waals surface area contributed by atoms with Crippen LogP contribution in [0.4, 0.5) is 0 Å². The van der Waals surface area contributed by atoms with E-state index in [9.17, 15) is 0 Å². The molecule has 26 heavy (non-hydrogen) atoms. The van der Waals surface area contributed by atoms with E-state index < -0.39 is 0 Å². The lowest BCUT2D eigenvalue weighted by molar-refractivity contribution is -0.660. The van der Waals surface area contributed by atoms with E-state index in [0.29, 0.717) is 0 Å². The van der Waals surface area contributed by atoms with E-state index in [-0.39, 0.29) is 0 Å². The molecule has 0 saturated heterocycles. The molecular formula is C25H22N+. The van der Waals surface area contributed by atoms with Gasteiger partial charge in [0.05, 0.1) is 0 Å². The molecule has 0 N–H and O–H groups in total. The van der Waals surface area contributed by atoms with E-state index in [1.165, 1.54) is 39.1 Å². The van der Waals surface area contributed by atoms with E-state index in [1.807, 2.05) is 0 Å². The topological polar surface area (TPSA) is 3.88 Å². The Labute approximate surface area is 155 Å². The Balaban J connectivity index is 1.73. The van der Waals surface area contributed by atoms with Crippen molar-refractivity contribution in [2.75, 3.05) is 0 Å². The Morgan fingerprint density at radius 3 is 1.85 bits per heavy atom. The lowest BCUT2D eigenvalue weighted by Crippen LogP contribution is -2.30. The van der Waals surface area contributed by atoms with Gasteiger partial charge in [0.2, 0.25) is 5.69 Å². The van der Waals surface area contributed by atoms with E-state index in [1.54, 1.807) is 0 Å². The van der Waals surface area contributed by atoms with Gasteiger partial charge < -0.3 is 0 Å². The molecule has 0 unspecified atom stereocenters. The van der Waals surface area contributed by atoms with Crippen LogP contribution in [-0.2, 0) is 7.05 Å². The number of aryl methyl sites for hydroxylation is 2. The van der Waals surface area contributed by atoms with E-state index in [0.717, 1.165) is 0 Å². The average molecular weight is 336 g/mol. The zero-order chi connectivity index (χ0) is 17.9. The first-order chi connectivity index (χ1) is 12.7. The standard InChI is InChI=1S/C25H22N/c1-19-11-12-23(18-24(19)25-10-6-7-17-26(25)2)22-15-13-21(14-16-22)20-8-4-3-5-9-20/h3-18H,1-2H3/q+1. The van der Waals surface area contributed by atoms with Gasteiger partial charge in [0, 0.05) is 17.7 Å². The second-order valence-corrected chi connectivity index (χ2v) is 6.67. The number of nitrogens with zero attached hydrogens (tertiary/aromatic N) is 1. The first-order valence-electron chi connectivity index (χ1n) is 8.94. The van der Waals surface area contributed by atoms with Gasteiger partial charge in [-0.25, -0.2) is 4.57 Å². The monoisotopic (exact) mass is 336 g/mol. The fourth-order valence-corrected chi connectivity index (χ4v) is 3.37. The van der Waals surface area contributed by atoms with Crippen molar-refractivity contribution in [3.8, 4) is 33.5 Å². The van der Waals surface area contributed by atoms with Crippen molar-refractivity contribution in [3.63, 3.8) is 0 Å². The van der Waals surface area contributed by atoms with Crippen LogP contribution in [0.5, 0.6) is 0 Å². The van der Waals surface area contributed by atoms with Crippen molar-refractivity contribution in [3.05, 3.63) is 103 Å². The van der Waals surface area contributed by atoms with Gasteiger partial charge in [0.25, 0.3) is 0 Å². The highest BCUT2D eigenvalue weighted by atomic mass is 14.9. The summed E-state index contributed by atoms with van der Waals surface area (Å²) < 4.78 is 2.17. The normalized spacial score (nSPS) is 10.7. The summed E-state index contributed by atoms with van der Waals surface area (Å²) >= 11 is 0. The molecule has 0 amide bonds. The molecule has 0 saturated carbocycles. The summed E-state index contributed by atoms with van der Waals surface area (Å²) in [6.07, 6.45) is 2.09. The third-order valence-electron chi connectivity index (χ3n) is 4.89. The van der Waals surface area contributed by atoms with Crippen molar-refractivity contribution >= 4 is 0 Å². The summed E-state index contributed by atoms with van der Waals surface area (Å²) in [5.41, 5.74) is 8.77. The van der Waals surface area contributed by atoms with Crippen LogP contribution in [-0.4, -0.2) is 0 Å². The molecule has 1 nitrogen and oxygen atoms in total. The Hall–Kier alpha value is -3.19. The molecule has 0 radical (unpaired) electrons. The molecule has 4 rings (SSSR count). The van der Waals surface area contributed by atoms with Crippen LogP contribution >= 0.6 is 0 Å². The van der Waals surface area contributed by atoms with Gasteiger partial charge in [0.15, 0.2) is 6.20 Å². The molecule has 126 valence electrons. The van der Waals surface area contributed by atoms with Crippen LogP contribution in [0.3, 0.4) is 0 Å². The van der Waals surface area contributed by atoms with Crippen LogP contribution < -0.4 is 4.57 Å². The molecule has 1 heteroatoms. The summed E-state index contributed by atoms with van der Waals surface area (Å²) in [5.74, 6) is 0. The maximum atomic E-state index is 2.29. The number of aromatic nitrogens is 1. The fraction of sp³-hybridized carbons (Fsp3) is 0.0800. The van der Waals surface area contributed by atoms with Crippen molar-refractivity contribution in [2.45, 2.75) is 6.92 Å². The quantitative estimate of drug-likeness (QED) is 0.415. The lowest BCUT2D eigenvalue weighted by Gasteiger charge is -2.09. The molecule has 0 spiro atoms. The number of hydrogen-bond acceptors (Lipinski definition) is 0. The minimum Gasteiger partial charge on any atom is -0.201 e. The van der Waals surface area contributed by atoms with Gasteiger partial charge in [-0.3, -0.25) is 0 Å². The highest BCUT2D eigenvalue weighted by Gasteiger charge is 2.12. The average Bonchev–Trinajstić information content (AvgIpc) is 2.70. The number of benzene rings is 3. The first-order valence-corrected chi connectivity index (χ1v) is 8.94. The summed E-state index contributed by atoms with van der Waals surface area (Å²) in [5, 5.41) is 0. The molecule has 0 bridgehead atoms. The number of rotatable bonds is 3. The van der Waals surface area contributed by atoms with Gasteiger partial charge in [-0.2, -0.15) is 0 Å². The molecule has 3 aromatic carbocycles. The van der Waals surface area contributed by atoms with Crippen molar-refractivity contribution in [1.82, 2.24) is 0 Å². The van der Waals surface area contributed by atoms with E-state index >= 15 is 0 Å². The minimum atomic E-state index is 1.23. The third kappa shape index (κ3) is 3.16. The van der Waals surface area contributed by atoms with Crippen LogP contribution in [0.15, 0.2) is 97.2 Å². The Bertz CT molecular complexity index is 1030. The summed E-state index contributed by atoms with van der Waals surface area (Å²) in [6.45, 7) is 2.17. The molecule has 1 aromatic heterocycles. The Morgan fingerprint density at radius 2 is 1.15 bits per heavy atom. The van der Waals surface area contributed by atoms with E-state index in [4.69, 9.17) is 0 Å². The van der Waals surface area contributed by atoms with Crippen LogP contribution in [0, 0.1) is 6.92 Å². The van der Waals surface area contributed by atoms with Crippen molar-refractivity contribution < 1.29 is 4.57 Å². The van der Waals surface area contributed by atoms with Gasteiger partial charge in [-0.05, 0) is 46.9 Å². The van der Waals surface area contributed by atoms with Gasteiger partial charge >= 0.3 is 0 Å². The second kappa shape index (κ2) is 6.97.